The third-order valence-electron chi connectivity index (χ3n) is 2.08. The lowest BCUT2D eigenvalue weighted by Crippen LogP contribution is -2.29. The third-order valence-corrected chi connectivity index (χ3v) is 2.08. The summed E-state index contributed by atoms with van der Waals surface area (Å²) >= 11 is 0. The van der Waals surface area contributed by atoms with Crippen LogP contribution in [-0.4, -0.2) is 40.3 Å². The molecule has 0 amide bonds. The minimum atomic E-state index is -2.11. The van der Waals surface area contributed by atoms with Gasteiger partial charge in [0.05, 0.1) is 12.7 Å². The van der Waals surface area contributed by atoms with Crippen LogP contribution in [0.2, 0.25) is 0 Å². The van der Waals surface area contributed by atoms with E-state index in [9.17, 15) is 5.11 Å². The molecule has 2 fully saturated rings. The molecule has 64 valence electrons. The maximum absolute atomic E-state index is 9.20. The van der Waals surface area contributed by atoms with Crippen LogP contribution in [0.25, 0.3) is 0 Å². The minimum Gasteiger partial charge on any atom is -0.390 e. The Morgan fingerprint density at radius 3 is 2.73 bits per heavy atom. The number of aliphatic hydroxyl groups excluding tert-OH is 1. The molecule has 2 aliphatic rings. The van der Waals surface area contributed by atoms with Crippen LogP contribution in [0.1, 0.15) is 6.42 Å². The second-order valence-electron chi connectivity index (χ2n) is 3.00. The highest BCUT2D eigenvalue weighted by Gasteiger charge is 2.51. The molecule has 0 aliphatic carbocycles. The Morgan fingerprint density at radius 2 is 2.09 bits per heavy atom. The molecule has 0 aromatic carbocycles. The van der Waals surface area contributed by atoms with E-state index in [4.69, 9.17) is 14.9 Å². The molecule has 2 saturated heterocycles. The molecule has 3 N–H and O–H groups in total. The quantitative estimate of drug-likeness (QED) is 0.373. The van der Waals surface area contributed by atoms with Gasteiger partial charge in [-0.15, -0.1) is 0 Å². The van der Waals surface area contributed by atoms with Gasteiger partial charge in [0, 0.05) is 12.3 Å². The second kappa shape index (κ2) is 2.15. The summed E-state index contributed by atoms with van der Waals surface area (Å²) < 4.78 is 9.60. The zero-order valence-electron chi connectivity index (χ0n) is 5.80. The normalized spacial score (nSPS) is 47.7. The van der Waals surface area contributed by atoms with Crippen molar-refractivity contribution < 1.29 is 24.8 Å². The predicted octanol–water partition coefficient (Wildman–Crippen LogP) is -1.62. The summed E-state index contributed by atoms with van der Waals surface area (Å²) in [6, 6.07) is 0. The van der Waals surface area contributed by atoms with E-state index in [0.29, 0.717) is 0 Å². The van der Waals surface area contributed by atoms with E-state index in [1.807, 2.05) is 0 Å². The lowest BCUT2D eigenvalue weighted by atomic mass is 10.0. The van der Waals surface area contributed by atoms with Crippen LogP contribution in [-0.2, 0) is 9.47 Å². The highest BCUT2D eigenvalue weighted by Crippen LogP contribution is 2.38. The van der Waals surface area contributed by atoms with Gasteiger partial charge >= 0.3 is 0 Å². The fourth-order valence-electron chi connectivity index (χ4n) is 1.52. The lowest BCUT2D eigenvalue weighted by Gasteiger charge is -2.15. The molecule has 0 bridgehead atoms. The van der Waals surface area contributed by atoms with Crippen molar-refractivity contribution in [2.45, 2.75) is 24.8 Å². The van der Waals surface area contributed by atoms with Crippen molar-refractivity contribution in [3.05, 3.63) is 0 Å². The first-order valence-electron chi connectivity index (χ1n) is 3.51. The van der Waals surface area contributed by atoms with Gasteiger partial charge < -0.3 is 20.1 Å². The van der Waals surface area contributed by atoms with Crippen LogP contribution in [0, 0.1) is 5.92 Å². The Labute approximate surface area is 63.2 Å². The molecule has 3 atom stereocenters. The summed E-state index contributed by atoms with van der Waals surface area (Å²) in [5.41, 5.74) is 0. The first-order chi connectivity index (χ1) is 5.08. The van der Waals surface area contributed by atoms with Crippen LogP contribution in [0.3, 0.4) is 0 Å². The number of rotatable bonds is 0. The average Bonchev–Trinajstić information content (AvgIpc) is 2.31. The van der Waals surface area contributed by atoms with Crippen molar-refractivity contribution in [2.24, 2.45) is 5.92 Å². The highest BCUT2D eigenvalue weighted by molar-refractivity contribution is 4.86. The van der Waals surface area contributed by atoms with Gasteiger partial charge in [0.1, 0.15) is 0 Å². The molecule has 0 saturated carbocycles. The minimum absolute atomic E-state index is 0.0127. The Morgan fingerprint density at radius 1 is 1.36 bits per heavy atom. The topological polar surface area (TPSA) is 79.2 Å². The maximum atomic E-state index is 9.20. The van der Waals surface area contributed by atoms with Gasteiger partial charge in [0.2, 0.25) is 0 Å². The number of aliphatic hydroxyl groups is 3. The van der Waals surface area contributed by atoms with E-state index in [1.165, 1.54) is 0 Å². The van der Waals surface area contributed by atoms with Crippen molar-refractivity contribution in [3.63, 3.8) is 0 Å². The molecule has 0 spiro atoms. The smallest absolute Gasteiger partial charge is 0.280 e. The van der Waals surface area contributed by atoms with Gasteiger partial charge in [-0.3, -0.25) is 4.74 Å². The SMILES string of the molecule is OC1COC2OC(O)(O)CC12. The fraction of sp³-hybridized carbons (Fsp3) is 1.00. The summed E-state index contributed by atoms with van der Waals surface area (Å²) in [7, 11) is 0. The molecule has 5 nitrogen and oxygen atoms in total. The largest absolute Gasteiger partial charge is 0.390 e. The summed E-state index contributed by atoms with van der Waals surface area (Å²) in [4.78, 5) is 0. The Balaban J connectivity index is 2.10. The molecule has 0 aromatic heterocycles. The molecule has 3 unspecified atom stereocenters. The number of hydrogen-bond acceptors (Lipinski definition) is 5. The predicted molar refractivity (Wildman–Crippen MR) is 32.1 cm³/mol. The molecule has 5 heteroatoms. The zero-order valence-corrected chi connectivity index (χ0v) is 5.80. The first kappa shape index (κ1) is 7.45. The van der Waals surface area contributed by atoms with Crippen LogP contribution >= 0.6 is 0 Å². The summed E-state index contributed by atoms with van der Waals surface area (Å²) in [6.45, 7) is 0.214. The van der Waals surface area contributed by atoms with Gasteiger partial charge in [-0.1, -0.05) is 0 Å². The number of fused-ring (bicyclic) bond motifs is 1. The molecule has 2 heterocycles. The van der Waals surface area contributed by atoms with Crippen LogP contribution in [0.5, 0.6) is 0 Å². The molecular weight excluding hydrogens is 152 g/mol. The molecule has 0 aromatic rings. The van der Waals surface area contributed by atoms with E-state index in [0.717, 1.165) is 0 Å². The van der Waals surface area contributed by atoms with Gasteiger partial charge in [-0.25, -0.2) is 0 Å². The monoisotopic (exact) mass is 162 g/mol. The van der Waals surface area contributed by atoms with E-state index in [2.05, 4.69) is 4.74 Å². The van der Waals surface area contributed by atoms with Gasteiger partial charge in [-0.05, 0) is 0 Å². The first-order valence-corrected chi connectivity index (χ1v) is 3.51. The number of ether oxygens (including phenoxy) is 2. The summed E-state index contributed by atoms with van der Waals surface area (Å²) in [6.07, 6.45) is -1.28. The van der Waals surface area contributed by atoms with Gasteiger partial charge in [0.25, 0.3) is 5.97 Å². The zero-order chi connectivity index (χ0) is 8.06. The van der Waals surface area contributed by atoms with E-state index >= 15 is 0 Å². The second-order valence-corrected chi connectivity index (χ2v) is 3.00. The molecule has 11 heavy (non-hydrogen) atoms. The van der Waals surface area contributed by atoms with Crippen molar-refractivity contribution in [2.75, 3.05) is 6.61 Å². The van der Waals surface area contributed by atoms with Crippen molar-refractivity contribution in [1.29, 1.82) is 0 Å². The fourth-order valence-corrected chi connectivity index (χ4v) is 1.52. The van der Waals surface area contributed by atoms with Gasteiger partial charge in [-0.2, -0.15) is 0 Å². The van der Waals surface area contributed by atoms with E-state index < -0.39 is 18.4 Å². The third kappa shape index (κ3) is 1.15. The van der Waals surface area contributed by atoms with Crippen LogP contribution < -0.4 is 0 Å². The van der Waals surface area contributed by atoms with Crippen LogP contribution in [0.15, 0.2) is 0 Å². The maximum Gasteiger partial charge on any atom is 0.280 e. The van der Waals surface area contributed by atoms with Crippen LogP contribution in [0.4, 0.5) is 0 Å². The molecular formula is C6H10O5. The lowest BCUT2D eigenvalue weighted by molar-refractivity contribution is -0.351. The van der Waals surface area contributed by atoms with Crippen molar-refractivity contribution in [3.8, 4) is 0 Å². The Bertz CT molecular complexity index is 168. The summed E-state index contributed by atoms with van der Waals surface area (Å²) in [5, 5.41) is 27.1. The van der Waals surface area contributed by atoms with Crippen molar-refractivity contribution in [1.82, 2.24) is 0 Å². The Kier molecular flexibility index (Phi) is 1.45. The number of hydrogen-bond donors (Lipinski definition) is 3. The van der Waals surface area contributed by atoms with Gasteiger partial charge in [0.15, 0.2) is 6.29 Å². The molecule has 2 rings (SSSR count). The van der Waals surface area contributed by atoms with Crippen molar-refractivity contribution >= 4 is 0 Å². The van der Waals surface area contributed by atoms with E-state index in [1.54, 1.807) is 0 Å². The summed E-state index contributed by atoms with van der Waals surface area (Å²) in [5.74, 6) is -2.42. The highest BCUT2D eigenvalue weighted by atomic mass is 16.8. The standard InChI is InChI=1S/C6H10O5/c7-4-2-10-5-3(4)1-6(8,9)11-5/h3-5,7-9H,1-2H2. The average molecular weight is 162 g/mol. The van der Waals surface area contributed by atoms with E-state index in [-0.39, 0.29) is 18.9 Å². The molecule has 2 aliphatic heterocycles. The molecule has 0 radical (unpaired) electrons. The Hall–Kier alpha value is -0.200.